The fraction of sp³-hybridized carbons (Fsp3) is 0.241. The highest BCUT2D eigenvalue weighted by molar-refractivity contribution is 7.99. The summed E-state index contributed by atoms with van der Waals surface area (Å²) in [6.45, 7) is 0. The van der Waals surface area contributed by atoms with Crippen LogP contribution in [0.3, 0.4) is 0 Å². The molecule has 1 amide bonds. The predicted molar refractivity (Wildman–Crippen MR) is 151 cm³/mol. The number of thioether (sulfide) groups is 1. The van der Waals surface area contributed by atoms with Crippen LogP contribution in [-0.2, 0) is 4.79 Å². The van der Waals surface area contributed by atoms with Crippen LogP contribution in [0.25, 0.3) is 22.5 Å². The number of nitrogens with zero attached hydrogens (tertiary/aromatic N) is 4. The summed E-state index contributed by atoms with van der Waals surface area (Å²) in [4.78, 5) is 12.5. The summed E-state index contributed by atoms with van der Waals surface area (Å²) in [6, 6.07) is 26.3. The lowest BCUT2D eigenvalue weighted by molar-refractivity contribution is -0.118. The van der Waals surface area contributed by atoms with Gasteiger partial charge in [0.1, 0.15) is 0 Å². The van der Waals surface area contributed by atoms with Gasteiger partial charge in [-0.2, -0.15) is 5.10 Å². The topological polar surface area (TPSA) is 72.2 Å². The molecule has 1 fully saturated rings. The lowest BCUT2D eigenvalue weighted by Gasteiger charge is -2.25. The van der Waals surface area contributed by atoms with Gasteiger partial charge in [0.15, 0.2) is 11.0 Å². The molecular formula is C29H28ClN5OS. The first-order valence-corrected chi connectivity index (χ1v) is 13.8. The molecule has 0 aliphatic heterocycles. The van der Waals surface area contributed by atoms with Gasteiger partial charge < -0.3 is 0 Å². The lowest BCUT2D eigenvalue weighted by atomic mass is 9.95. The first kappa shape index (κ1) is 25.2. The summed E-state index contributed by atoms with van der Waals surface area (Å²) < 4.78 is 2.21. The third-order valence-electron chi connectivity index (χ3n) is 6.46. The van der Waals surface area contributed by atoms with Crippen molar-refractivity contribution in [3.8, 4) is 22.5 Å². The average molecular weight is 530 g/mol. The molecule has 4 aromatic rings. The Morgan fingerprint density at radius 1 is 0.919 bits per heavy atom. The highest BCUT2D eigenvalue weighted by Crippen LogP contribution is 2.35. The maximum atomic E-state index is 12.5. The van der Waals surface area contributed by atoms with Crippen molar-refractivity contribution >= 4 is 35.5 Å². The van der Waals surface area contributed by atoms with Crippen molar-refractivity contribution in [3.63, 3.8) is 0 Å². The molecular weight excluding hydrogens is 502 g/mol. The standard InChI is InChI=1S/C29H28ClN5OS/c30-25-17-15-24(16-18-25)28-33-34-29(35(28)26-9-5-2-6-10-26)37-20-27(36)32-31-19-21-11-13-23(14-12-21)22-7-3-1-4-8-22/h1,3-4,7-8,11-19,26H,2,5-6,9-10,20H2,(H,32,36). The van der Waals surface area contributed by atoms with Crippen molar-refractivity contribution in [1.29, 1.82) is 0 Å². The Labute approximate surface area is 226 Å². The molecule has 6 nitrogen and oxygen atoms in total. The number of amides is 1. The van der Waals surface area contributed by atoms with Crippen LogP contribution in [0, 0.1) is 0 Å². The van der Waals surface area contributed by atoms with Crippen LogP contribution in [0.5, 0.6) is 0 Å². The summed E-state index contributed by atoms with van der Waals surface area (Å²) in [5, 5.41) is 14.5. The second-order valence-corrected chi connectivity index (χ2v) is 10.4. The Kier molecular flexibility index (Phi) is 8.33. The molecule has 0 bridgehead atoms. The molecule has 0 unspecified atom stereocenters. The monoisotopic (exact) mass is 529 g/mol. The Hall–Kier alpha value is -3.42. The zero-order chi connectivity index (χ0) is 25.5. The van der Waals surface area contributed by atoms with Crippen LogP contribution in [0.2, 0.25) is 5.02 Å². The summed E-state index contributed by atoms with van der Waals surface area (Å²) in [5.41, 5.74) is 6.82. The molecule has 37 heavy (non-hydrogen) atoms. The van der Waals surface area contributed by atoms with Crippen LogP contribution in [-0.4, -0.2) is 32.6 Å². The smallest absolute Gasteiger partial charge is 0.250 e. The van der Waals surface area contributed by atoms with E-state index in [2.05, 4.69) is 37.4 Å². The number of carbonyl (C=O) groups excluding carboxylic acids is 1. The third kappa shape index (κ3) is 6.48. The second kappa shape index (κ2) is 12.2. The van der Waals surface area contributed by atoms with E-state index < -0.39 is 0 Å². The fourth-order valence-corrected chi connectivity index (χ4v) is 5.50. The van der Waals surface area contributed by atoms with Gasteiger partial charge in [-0.05, 0) is 53.8 Å². The number of nitrogens with one attached hydrogen (secondary N) is 1. The minimum atomic E-state index is -0.187. The molecule has 1 aromatic heterocycles. The van der Waals surface area contributed by atoms with Gasteiger partial charge >= 0.3 is 0 Å². The van der Waals surface area contributed by atoms with E-state index in [9.17, 15) is 4.79 Å². The molecule has 0 radical (unpaired) electrons. The van der Waals surface area contributed by atoms with Gasteiger partial charge in [0, 0.05) is 16.6 Å². The van der Waals surface area contributed by atoms with Crippen LogP contribution >= 0.6 is 23.4 Å². The maximum Gasteiger partial charge on any atom is 0.250 e. The SMILES string of the molecule is O=C(CSc1nnc(-c2ccc(Cl)cc2)n1C1CCCCC1)NN=Cc1ccc(-c2ccccc2)cc1. The molecule has 8 heteroatoms. The number of hydrogen-bond donors (Lipinski definition) is 1. The van der Waals surface area contributed by atoms with Crippen LogP contribution in [0.1, 0.15) is 43.7 Å². The lowest BCUT2D eigenvalue weighted by Crippen LogP contribution is -2.20. The molecule has 0 saturated heterocycles. The third-order valence-corrected chi connectivity index (χ3v) is 7.65. The van der Waals surface area contributed by atoms with Crippen LogP contribution in [0.4, 0.5) is 0 Å². The number of hydrogen-bond acceptors (Lipinski definition) is 5. The Balaban J connectivity index is 1.21. The molecule has 1 aliphatic rings. The number of aromatic nitrogens is 3. The zero-order valence-corrected chi connectivity index (χ0v) is 22.0. The molecule has 1 heterocycles. The van der Waals surface area contributed by atoms with E-state index in [1.165, 1.54) is 31.0 Å². The van der Waals surface area contributed by atoms with E-state index in [1.54, 1.807) is 6.21 Å². The number of carbonyl (C=O) groups is 1. The second-order valence-electron chi connectivity index (χ2n) is 9.04. The van der Waals surface area contributed by atoms with Gasteiger partial charge in [-0.1, -0.05) is 97.2 Å². The van der Waals surface area contributed by atoms with Crippen molar-refractivity contribution in [1.82, 2.24) is 20.2 Å². The van der Waals surface area contributed by atoms with Gasteiger partial charge in [-0.25, -0.2) is 5.43 Å². The number of hydrazone groups is 1. The Morgan fingerprint density at radius 2 is 1.59 bits per heavy atom. The van der Waals surface area contributed by atoms with Crippen molar-refractivity contribution in [2.45, 2.75) is 43.3 Å². The van der Waals surface area contributed by atoms with E-state index in [-0.39, 0.29) is 11.7 Å². The summed E-state index contributed by atoms with van der Waals surface area (Å²) in [6.07, 6.45) is 7.47. The minimum Gasteiger partial charge on any atom is -0.299 e. The van der Waals surface area contributed by atoms with Crippen molar-refractivity contribution < 1.29 is 4.79 Å². The summed E-state index contributed by atoms with van der Waals surface area (Å²) >= 11 is 7.48. The first-order chi connectivity index (χ1) is 18.2. The van der Waals surface area contributed by atoms with E-state index >= 15 is 0 Å². The molecule has 3 aromatic carbocycles. The number of rotatable bonds is 8. The largest absolute Gasteiger partial charge is 0.299 e. The number of benzene rings is 3. The van der Waals surface area contributed by atoms with Crippen LogP contribution in [0.15, 0.2) is 89.1 Å². The Morgan fingerprint density at radius 3 is 2.32 bits per heavy atom. The van der Waals surface area contributed by atoms with Gasteiger partial charge in [0.25, 0.3) is 5.91 Å². The Bertz CT molecular complexity index is 1350. The molecule has 1 N–H and O–H groups in total. The quantitative estimate of drug-likeness (QED) is 0.151. The van der Waals surface area contributed by atoms with Crippen molar-refractivity contribution in [3.05, 3.63) is 89.4 Å². The molecule has 0 spiro atoms. The molecule has 1 aliphatic carbocycles. The average Bonchev–Trinajstić information content (AvgIpc) is 3.38. The molecule has 0 atom stereocenters. The van der Waals surface area contributed by atoms with Gasteiger partial charge in [-0.3, -0.25) is 9.36 Å². The van der Waals surface area contributed by atoms with Gasteiger partial charge in [0.2, 0.25) is 0 Å². The molecule has 5 rings (SSSR count). The normalized spacial score (nSPS) is 14.2. The van der Waals surface area contributed by atoms with E-state index in [4.69, 9.17) is 11.6 Å². The zero-order valence-electron chi connectivity index (χ0n) is 20.4. The summed E-state index contributed by atoms with van der Waals surface area (Å²) in [5.74, 6) is 0.840. The molecule has 188 valence electrons. The van der Waals surface area contributed by atoms with Crippen LogP contribution < -0.4 is 5.43 Å². The minimum absolute atomic E-state index is 0.187. The predicted octanol–water partition coefficient (Wildman–Crippen LogP) is 7.01. The van der Waals surface area contributed by atoms with E-state index in [0.717, 1.165) is 46.1 Å². The number of halogens is 1. The van der Waals surface area contributed by atoms with Gasteiger partial charge in [0.05, 0.1) is 12.0 Å². The van der Waals surface area contributed by atoms with E-state index in [1.807, 2.05) is 66.7 Å². The molecule has 1 saturated carbocycles. The maximum absolute atomic E-state index is 12.5. The van der Waals surface area contributed by atoms with Gasteiger partial charge in [-0.15, -0.1) is 10.2 Å². The highest BCUT2D eigenvalue weighted by atomic mass is 35.5. The first-order valence-electron chi connectivity index (χ1n) is 12.5. The fourth-order valence-electron chi connectivity index (χ4n) is 4.57. The van der Waals surface area contributed by atoms with Crippen molar-refractivity contribution in [2.24, 2.45) is 5.10 Å². The van der Waals surface area contributed by atoms with Crippen molar-refractivity contribution in [2.75, 3.05) is 5.75 Å². The highest BCUT2D eigenvalue weighted by Gasteiger charge is 2.24. The summed E-state index contributed by atoms with van der Waals surface area (Å²) in [7, 11) is 0. The van der Waals surface area contributed by atoms with E-state index in [0.29, 0.717) is 11.1 Å².